The molecule has 1 aromatic rings. The number of rotatable bonds is 8. The highest BCUT2D eigenvalue weighted by molar-refractivity contribution is 5.67. The molecule has 17 heavy (non-hydrogen) atoms. The monoisotopic (exact) mass is 236 g/mol. The van der Waals surface area contributed by atoms with Crippen molar-refractivity contribution in [3.05, 3.63) is 29.8 Å². The van der Waals surface area contributed by atoms with Crippen LogP contribution in [0, 0.1) is 0 Å². The molecule has 1 rings (SSSR count). The topological polar surface area (TPSA) is 46.5 Å². The van der Waals surface area contributed by atoms with Gasteiger partial charge in [-0.15, -0.1) is 0 Å². The quantitative estimate of drug-likeness (QED) is 0.705. The molecule has 0 saturated heterocycles. The molecule has 0 amide bonds. The van der Waals surface area contributed by atoms with E-state index in [9.17, 15) is 4.79 Å². The van der Waals surface area contributed by atoms with Crippen molar-refractivity contribution >= 4 is 5.97 Å². The molecular weight excluding hydrogens is 216 g/mol. The highest BCUT2D eigenvalue weighted by Crippen LogP contribution is 2.14. The summed E-state index contributed by atoms with van der Waals surface area (Å²) in [6.45, 7) is 2.92. The lowest BCUT2D eigenvalue weighted by Gasteiger charge is -2.06. The number of aliphatic carboxylic acids is 1. The van der Waals surface area contributed by atoms with E-state index < -0.39 is 5.97 Å². The normalized spacial score (nSPS) is 10.2. The Bertz CT molecular complexity index is 330. The Morgan fingerprint density at radius 1 is 1.24 bits per heavy atom. The third kappa shape index (κ3) is 5.95. The van der Waals surface area contributed by atoms with Gasteiger partial charge in [0.2, 0.25) is 0 Å². The number of benzene rings is 1. The fourth-order valence-electron chi connectivity index (χ4n) is 1.55. The van der Waals surface area contributed by atoms with Gasteiger partial charge in [0.25, 0.3) is 0 Å². The molecule has 0 bridgehead atoms. The van der Waals surface area contributed by atoms with Crippen molar-refractivity contribution in [1.82, 2.24) is 0 Å². The number of hydrogen-bond donors (Lipinski definition) is 1. The first-order chi connectivity index (χ1) is 8.22. The fourth-order valence-corrected chi connectivity index (χ4v) is 1.55. The predicted molar refractivity (Wildman–Crippen MR) is 67.4 cm³/mol. The Hall–Kier alpha value is -1.51. The van der Waals surface area contributed by atoms with Crippen LogP contribution in [0.3, 0.4) is 0 Å². The Balaban J connectivity index is 2.31. The molecule has 0 spiro atoms. The van der Waals surface area contributed by atoms with E-state index in [4.69, 9.17) is 9.84 Å². The SMILES string of the molecule is CCCCCOc1ccc(CCC(=O)O)cc1. The van der Waals surface area contributed by atoms with Crippen molar-refractivity contribution in [2.45, 2.75) is 39.0 Å². The van der Waals surface area contributed by atoms with E-state index in [0.29, 0.717) is 6.42 Å². The molecule has 0 aromatic heterocycles. The lowest BCUT2D eigenvalue weighted by molar-refractivity contribution is -0.136. The van der Waals surface area contributed by atoms with Gasteiger partial charge in [0.15, 0.2) is 0 Å². The summed E-state index contributed by atoms with van der Waals surface area (Å²) in [7, 11) is 0. The summed E-state index contributed by atoms with van der Waals surface area (Å²) in [5, 5.41) is 8.57. The first kappa shape index (κ1) is 13.6. The minimum absolute atomic E-state index is 0.177. The van der Waals surface area contributed by atoms with Crippen molar-refractivity contribution in [1.29, 1.82) is 0 Å². The van der Waals surface area contributed by atoms with Gasteiger partial charge in [-0.25, -0.2) is 0 Å². The van der Waals surface area contributed by atoms with Crippen molar-refractivity contribution in [3.63, 3.8) is 0 Å². The summed E-state index contributed by atoms with van der Waals surface area (Å²) in [6, 6.07) is 7.67. The number of ether oxygens (including phenoxy) is 1. The average Bonchev–Trinajstić information content (AvgIpc) is 2.33. The van der Waals surface area contributed by atoms with Crippen LogP contribution >= 0.6 is 0 Å². The van der Waals surface area contributed by atoms with E-state index in [1.165, 1.54) is 12.8 Å². The maximum absolute atomic E-state index is 10.4. The fraction of sp³-hybridized carbons (Fsp3) is 0.500. The van der Waals surface area contributed by atoms with Gasteiger partial charge in [0, 0.05) is 6.42 Å². The highest BCUT2D eigenvalue weighted by Gasteiger charge is 1.99. The second kappa shape index (κ2) is 7.71. The van der Waals surface area contributed by atoms with Crippen molar-refractivity contribution in [2.24, 2.45) is 0 Å². The molecule has 0 aliphatic heterocycles. The molecule has 0 aliphatic rings. The zero-order chi connectivity index (χ0) is 12.5. The van der Waals surface area contributed by atoms with E-state index in [2.05, 4.69) is 6.92 Å². The zero-order valence-electron chi connectivity index (χ0n) is 10.3. The lowest BCUT2D eigenvalue weighted by atomic mass is 10.1. The maximum Gasteiger partial charge on any atom is 0.303 e. The van der Waals surface area contributed by atoms with Crippen LogP contribution in [-0.2, 0) is 11.2 Å². The number of aryl methyl sites for hydroxylation is 1. The van der Waals surface area contributed by atoms with E-state index in [-0.39, 0.29) is 6.42 Å². The van der Waals surface area contributed by atoms with Gasteiger partial charge < -0.3 is 9.84 Å². The minimum Gasteiger partial charge on any atom is -0.494 e. The molecule has 0 unspecified atom stereocenters. The second-order valence-electron chi connectivity index (χ2n) is 4.09. The standard InChI is InChI=1S/C14H20O3/c1-2-3-4-11-17-13-8-5-12(6-9-13)7-10-14(15)16/h5-6,8-9H,2-4,7,10-11H2,1H3,(H,15,16). The van der Waals surface area contributed by atoms with Crippen LogP contribution in [0.15, 0.2) is 24.3 Å². The van der Waals surface area contributed by atoms with Crippen LogP contribution in [0.4, 0.5) is 0 Å². The van der Waals surface area contributed by atoms with Gasteiger partial charge in [0.1, 0.15) is 5.75 Å². The average molecular weight is 236 g/mol. The summed E-state index contributed by atoms with van der Waals surface area (Å²) in [6.07, 6.45) is 4.22. The number of carboxylic acid groups (broad SMARTS) is 1. The first-order valence-corrected chi connectivity index (χ1v) is 6.16. The van der Waals surface area contributed by atoms with Crippen molar-refractivity contribution in [3.8, 4) is 5.75 Å². The Kier molecular flexibility index (Phi) is 6.15. The Labute approximate surface area is 102 Å². The third-order valence-corrected chi connectivity index (χ3v) is 2.57. The number of carboxylic acids is 1. The summed E-state index contributed by atoms with van der Waals surface area (Å²) in [5.74, 6) is 0.102. The van der Waals surface area contributed by atoms with Crippen LogP contribution < -0.4 is 4.74 Å². The molecule has 1 N–H and O–H groups in total. The summed E-state index contributed by atoms with van der Waals surface area (Å²) in [5.41, 5.74) is 1.04. The molecule has 3 heteroatoms. The number of unbranched alkanes of at least 4 members (excludes halogenated alkanes) is 2. The van der Waals surface area contributed by atoms with Crippen LogP contribution in [-0.4, -0.2) is 17.7 Å². The van der Waals surface area contributed by atoms with Gasteiger partial charge in [-0.1, -0.05) is 31.9 Å². The second-order valence-corrected chi connectivity index (χ2v) is 4.09. The smallest absolute Gasteiger partial charge is 0.303 e. The summed E-state index contributed by atoms with van der Waals surface area (Å²) in [4.78, 5) is 10.4. The van der Waals surface area contributed by atoms with E-state index in [0.717, 1.165) is 24.3 Å². The number of carbonyl (C=O) groups is 1. The Morgan fingerprint density at radius 3 is 2.53 bits per heavy atom. The van der Waals surface area contributed by atoms with E-state index in [1.807, 2.05) is 24.3 Å². The molecule has 3 nitrogen and oxygen atoms in total. The highest BCUT2D eigenvalue weighted by atomic mass is 16.5. The van der Waals surface area contributed by atoms with Gasteiger partial charge in [0.05, 0.1) is 6.61 Å². The predicted octanol–water partition coefficient (Wildman–Crippen LogP) is 3.27. The number of hydrogen-bond acceptors (Lipinski definition) is 2. The minimum atomic E-state index is -0.759. The molecule has 0 radical (unpaired) electrons. The largest absolute Gasteiger partial charge is 0.494 e. The van der Waals surface area contributed by atoms with Crippen LogP contribution in [0.5, 0.6) is 5.75 Å². The lowest BCUT2D eigenvalue weighted by Crippen LogP contribution is -1.99. The molecule has 1 aromatic carbocycles. The molecule has 94 valence electrons. The molecular formula is C14H20O3. The van der Waals surface area contributed by atoms with Gasteiger partial charge in [-0.3, -0.25) is 4.79 Å². The van der Waals surface area contributed by atoms with Gasteiger partial charge >= 0.3 is 5.97 Å². The van der Waals surface area contributed by atoms with Crippen LogP contribution in [0.1, 0.15) is 38.2 Å². The third-order valence-electron chi connectivity index (χ3n) is 2.57. The van der Waals surface area contributed by atoms with E-state index in [1.54, 1.807) is 0 Å². The van der Waals surface area contributed by atoms with E-state index >= 15 is 0 Å². The summed E-state index contributed by atoms with van der Waals surface area (Å²) < 4.78 is 5.57. The Morgan fingerprint density at radius 2 is 1.94 bits per heavy atom. The maximum atomic E-state index is 10.4. The van der Waals surface area contributed by atoms with Crippen molar-refractivity contribution < 1.29 is 14.6 Å². The molecule has 0 heterocycles. The first-order valence-electron chi connectivity index (χ1n) is 6.16. The molecule has 0 atom stereocenters. The van der Waals surface area contributed by atoms with Crippen LogP contribution in [0.2, 0.25) is 0 Å². The molecule has 0 fully saturated rings. The zero-order valence-corrected chi connectivity index (χ0v) is 10.3. The van der Waals surface area contributed by atoms with Gasteiger partial charge in [-0.05, 0) is 30.5 Å². The van der Waals surface area contributed by atoms with Crippen LogP contribution in [0.25, 0.3) is 0 Å². The van der Waals surface area contributed by atoms with Crippen molar-refractivity contribution in [2.75, 3.05) is 6.61 Å². The molecule has 0 aliphatic carbocycles. The summed E-state index contributed by atoms with van der Waals surface area (Å²) >= 11 is 0. The van der Waals surface area contributed by atoms with Gasteiger partial charge in [-0.2, -0.15) is 0 Å². The molecule has 0 saturated carbocycles.